The molecule has 0 spiro atoms. The molecule has 0 bridgehead atoms. The van der Waals surface area contributed by atoms with Crippen molar-refractivity contribution < 1.29 is 50.0 Å². The first-order chi connectivity index (χ1) is 31.7. The van der Waals surface area contributed by atoms with E-state index in [1.54, 1.807) is 0 Å². The quantitative estimate of drug-likeness (QED) is 0.0215. The van der Waals surface area contributed by atoms with Crippen molar-refractivity contribution in [3.05, 3.63) is 12.2 Å². The number of unbranched alkanes of at least 4 members (excludes halogenated alkanes) is 33. The van der Waals surface area contributed by atoms with Crippen molar-refractivity contribution in [3.63, 3.8) is 0 Å². The van der Waals surface area contributed by atoms with Crippen LogP contribution >= 0.6 is 0 Å². The van der Waals surface area contributed by atoms with Gasteiger partial charge in [0.1, 0.15) is 36.6 Å². The molecule has 1 amide bonds. The molecule has 0 saturated carbocycles. The van der Waals surface area contributed by atoms with Crippen molar-refractivity contribution in [3.8, 4) is 0 Å². The average Bonchev–Trinajstić information content (AvgIpc) is 3.31. The van der Waals surface area contributed by atoms with E-state index in [1.807, 2.05) is 0 Å². The Bertz CT molecular complexity index is 1060. The number of aliphatic hydroxyl groups excluding tert-OH is 7. The Kier molecular flexibility index (Phi) is 42.0. The Labute approximate surface area is 398 Å². The van der Waals surface area contributed by atoms with Gasteiger partial charge in [-0.1, -0.05) is 231 Å². The largest absolute Gasteiger partial charge is 0.394 e. The summed E-state index contributed by atoms with van der Waals surface area (Å²) < 4.78 is 11.0. The van der Waals surface area contributed by atoms with Crippen LogP contribution in [0, 0.1) is 0 Å². The molecule has 0 radical (unpaired) electrons. The number of rotatable bonds is 47. The molecule has 0 aliphatic carbocycles. The van der Waals surface area contributed by atoms with Gasteiger partial charge in [0.05, 0.1) is 25.4 Å². The molecule has 1 saturated heterocycles. The highest BCUT2D eigenvalue weighted by atomic mass is 16.7. The Hall–Kier alpha value is -1.15. The number of aliphatic hydroxyl groups is 7. The number of allylic oxidation sites excluding steroid dienone is 2. The zero-order chi connectivity index (χ0) is 47.6. The SMILES string of the molecule is CCCCCCCCCCCCCC/C=C\CCCCCCCCCCCCCCCCCCC(O)C(=O)NC(COC1OC(CO)C(O)C(O)C1O)C(O)C(O)CCCCCCCC. The molecule has 1 fully saturated rings. The van der Waals surface area contributed by atoms with Crippen molar-refractivity contribution in [2.75, 3.05) is 13.2 Å². The summed E-state index contributed by atoms with van der Waals surface area (Å²) in [7, 11) is 0. The molecule has 65 heavy (non-hydrogen) atoms. The highest BCUT2D eigenvalue weighted by Crippen LogP contribution is 2.23. The Morgan fingerprint density at radius 2 is 0.892 bits per heavy atom. The fourth-order valence-corrected chi connectivity index (χ4v) is 9.03. The summed E-state index contributed by atoms with van der Waals surface area (Å²) in [6.07, 6.45) is 39.2. The van der Waals surface area contributed by atoms with Gasteiger partial charge in [0, 0.05) is 0 Å². The van der Waals surface area contributed by atoms with Gasteiger partial charge >= 0.3 is 0 Å². The standard InChI is InChI=1S/C54H105NO10/c1-3-5-7-9-11-12-13-14-15-16-17-18-19-20-21-22-23-24-25-26-27-28-29-30-31-32-33-34-35-36-38-40-42-47(58)53(63)55-45(49(59)46(57)41-39-37-10-8-6-4-2)44-64-54-52(62)51(61)50(60)48(43-56)65-54/h20-21,45-52,54,56-62H,3-19,22-44H2,1-2H3,(H,55,63)/b21-20-. The second kappa shape index (κ2) is 44.1. The highest BCUT2D eigenvalue weighted by molar-refractivity contribution is 5.80. The van der Waals surface area contributed by atoms with Crippen molar-refractivity contribution in [1.29, 1.82) is 0 Å². The topological polar surface area (TPSA) is 189 Å². The van der Waals surface area contributed by atoms with Crippen LogP contribution in [0.4, 0.5) is 0 Å². The molecule has 0 aromatic heterocycles. The highest BCUT2D eigenvalue weighted by Gasteiger charge is 2.44. The molecule has 9 atom stereocenters. The maximum absolute atomic E-state index is 13.1. The van der Waals surface area contributed by atoms with Crippen LogP contribution in [0.3, 0.4) is 0 Å². The fourth-order valence-electron chi connectivity index (χ4n) is 9.03. The van der Waals surface area contributed by atoms with E-state index in [9.17, 15) is 40.5 Å². The van der Waals surface area contributed by atoms with E-state index in [2.05, 4.69) is 31.3 Å². The van der Waals surface area contributed by atoms with Gasteiger partial charge in [0.15, 0.2) is 6.29 Å². The Morgan fingerprint density at radius 1 is 0.523 bits per heavy atom. The third-order valence-electron chi connectivity index (χ3n) is 13.6. The lowest BCUT2D eigenvalue weighted by Gasteiger charge is -2.40. The number of carbonyl (C=O) groups excluding carboxylic acids is 1. The number of carbonyl (C=O) groups is 1. The molecule has 0 aromatic rings. The summed E-state index contributed by atoms with van der Waals surface area (Å²) in [5, 5.41) is 75.4. The van der Waals surface area contributed by atoms with Crippen molar-refractivity contribution >= 4 is 5.91 Å². The van der Waals surface area contributed by atoms with Gasteiger partial charge in [0.25, 0.3) is 0 Å². The zero-order valence-corrected chi connectivity index (χ0v) is 42.0. The molecule has 8 N–H and O–H groups in total. The summed E-state index contributed by atoms with van der Waals surface area (Å²) in [4.78, 5) is 13.1. The van der Waals surface area contributed by atoms with Crippen LogP contribution in [0.2, 0.25) is 0 Å². The van der Waals surface area contributed by atoms with E-state index in [-0.39, 0.29) is 6.42 Å². The lowest BCUT2D eigenvalue weighted by Crippen LogP contribution is -2.60. The van der Waals surface area contributed by atoms with E-state index in [0.717, 1.165) is 51.4 Å². The third kappa shape index (κ3) is 33.1. The Balaban J connectivity index is 2.10. The van der Waals surface area contributed by atoms with Gasteiger partial charge in [-0.3, -0.25) is 4.79 Å². The molecule has 386 valence electrons. The van der Waals surface area contributed by atoms with Gasteiger partial charge < -0.3 is 50.5 Å². The molecular weight excluding hydrogens is 823 g/mol. The number of amides is 1. The van der Waals surface area contributed by atoms with Crippen molar-refractivity contribution in [2.45, 2.75) is 313 Å². The molecule has 1 aliphatic rings. The van der Waals surface area contributed by atoms with E-state index in [1.165, 1.54) is 167 Å². The molecule has 11 heteroatoms. The molecule has 1 rings (SSSR count). The number of hydrogen-bond acceptors (Lipinski definition) is 10. The summed E-state index contributed by atoms with van der Waals surface area (Å²) in [6, 6.07) is -1.16. The molecule has 1 heterocycles. The van der Waals surface area contributed by atoms with Gasteiger partial charge in [0.2, 0.25) is 5.91 Å². The summed E-state index contributed by atoms with van der Waals surface area (Å²) >= 11 is 0. The van der Waals surface area contributed by atoms with Crippen LogP contribution in [0.1, 0.15) is 258 Å². The fraction of sp³-hybridized carbons (Fsp3) is 0.944. The second-order valence-electron chi connectivity index (χ2n) is 19.7. The minimum atomic E-state index is -1.66. The van der Waals surface area contributed by atoms with Gasteiger partial charge in [-0.2, -0.15) is 0 Å². The maximum atomic E-state index is 13.1. The first-order valence-corrected chi connectivity index (χ1v) is 27.6. The first-order valence-electron chi connectivity index (χ1n) is 27.6. The molecule has 11 nitrogen and oxygen atoms in total. The van der Waals surface area contributed by atoms with E-state index in [4.69, 9.17) is 9.47 Å². The summed E-state index contributed by atoms with van der Waals surface area (Å²) in [5.41, 5.74) is 0. The minimum Gasteiger partial charge on any atom is -0.394 e. The molecular formula is C54H105NO10. The van der Waals surface area contributed by atoms with Crippen LogP contribution in [0.15, 0.2) is 12.2 Å². The average molecular weight is 928 g/mol. The lowest BCUT2D eigenvalue weighted by atomic mass is 9.98. The predicted molar refractivity (Wildman–Crippen MR) is 266 cm³/mol. The third-order valence-corrected chi connectivity index (χ3v) is 13.6. The smallest absolute Gasteiger partial charge is 0.249 e. The normalized spacial score (nSPS) is 20.9. The monoisotopic (exact) mass is 928 g/mol. The second-order valence-corrected chi connectivity index (χ2v) is 19.7. The first kappa shape index (κ1) is 61.9. The summed E-state index contributed by atoms with van der Waals surface area (Å²) in [5.74, 6) is -0.698. The maximum Gasteiger partial charge on any atom is 0.249 e. The van der Waals surface area contributed by atoms with E-state index in [0.29, 0.717) is 19.3 Å². The number of hydrogen-bond donors (Lipinski definition) is 8. The van der Waals surface area contributed by atoms with Crippen LogP contribution in [0.5, 0.6) is 0 Å². The summed E-state index contributed by atoms with van der Waals surface area (Å²) in [6.45, 7) is 3.38. The Morgan fingerprint density at radius 3 is 1.29 bits per heavy atom. The van der Waals surface area contributed by atoms with Crippen LogP contribution in [-0.4, -0.2) is 110 Å². The van der Waals surface area contributed by atoms with E-state index < -0.39 is 74.2 Å². The zero-order valence-electron chi connectivity index (χ0n) is 42.0. The van der Waals surface area contributed by atoms with Gasteiger partial charge in [-0.25, -0.2) is 0 Å². The predicted octanol–water partition coefficient (Wildman–Crippen LogP) is 10.8. The number of ether oxygens (including phenoxy) is 2. The van der Waals surface area contributed by atoms with E-state index >= 15 is 0 Å². The molecule has 9 unspecified atom stereocenters. The van der Waals surface area contributed by atoms with Crippen LogP contribution < -0.4 is 5.32 Å². The number of nitrogens with one attached hydrogen (secondary N) is 1. The van der Waals surface area contributed by atoms with Gasteiger partial charge in [-0.05, 0) is 38.5 Å². The minimum absolute atomic E-state index is 0.263. The molecule has 1 aliphatic heterocycles. The van der Waals surface area contributed by atoms with Crippen molar-refractivity contribution in [1.82, 2.24) is 5.32 Å². The van der Waals surface area contributed by atoms with Crippen LogP contribution in [-0.2, 0) is 14.3 Å². The van der Waals surface area contributed by atoms with Crippen molar-refractivity contribution in [2.24, 2.45) is 0 Å². The van der Waals surface area contributed by atoms with Gasteiger partial charge in [-0.15, -0.1) is 0 Å². The lowest BCUT2D eigenvalue weighted by molar-refractivity contribution is -0.303. The van der Waals surface area contributed by atoms with Crippen LogP contribution in [0.25, 0.3) is 0 Å². The molecule has 0 aromatic carbocycles.